The average molecular weight is 413 g/mol. The first kappa shape index (κ1) is 23.3. The van der Waals surface area contributed by atoms with Crippen molar-refractivity contribution in [1.29, 1.82) is 0 Å². The Kier molecular flexibility index (Phi) is 8.27. The number of nitrogens with zero attached hydrogens (tertiary/aromatic N) is 1. The fraction of sp³-hybridized carbons (Fsp3) is 0.417. The van der Waals surface area contributed by atoms with Crippen LogP contribution in [0.25, 0.3) is 0 Å². The second-order valence-corrected chi connectivity index (χ2v) is 8.13. The van der Waals surface area contributed by atoms with Gasteiger partial charge in [0.15, 0.2) is 6.61 Å². The van der Waals surface area contributed by atoms with Gasteiger partial charge in [-0.2, -0.15) is 0 Å². The summed E-state index contributed by atoms with van der Waals surface area (Å²) < 4.78 is 10.9. The summed E-state index contributed by atoms with van der Waals surface area (Å²) in [6.07, 6.45) is 0.495. The Morgan fingerprint density at radius 3 is 2.17 bits per heavy atom. The minimum Gasteiger partial charge on any atom is -0.497 e. The molecule has 162 valence electrons. The van der Waals surface area contributed by atoms with Crippen molar-refractivity contribution in [2.75, 3.05) is 13.7 Å². The molecule has 0 fully saturated rings. The number of hydrogen-bond acceptors (Lipinski definition) is 4. The smallest absolute Gasteiger partial charge is 0.261 e. The van der Waals surface area contributed by atoms with Gasteiger partial charge in [0, 0.05) is 12.1 Å². The molecular weight excluding hydrogens is 380 g/mol. The van der Waals surface area contributed by atoms with Crippen LogP contribution < -0.4 is 14.8 Å². The van der Waals surface area contributed by atoms with Crippen LogP contribution in [0.4, 0.5) is 0 Å². The number of nitrogens with one attached hydrogen (secondary N) is 1. The minimum atomic E-state index is -0.599. The molecule has 0 unspecified atom stereocenters. The van der Waals surface area contributed by atoms with Gasteiger partial charge in [-0.1, -0.05) is 37.3 Å². The summed E-state index contributed by atoms with van der Waals surface area (Å²) in [5.41, 5.74) is 0.519. The highest BCUT2D eigenvalue weighted by Gasteiger charge is 2.30. The largest absolute Gasteiger partial charge is 0.497 e. The van der Waals surface area contributed by atoms with Crippen LogP contribution in [0.1, 0.15) is 39.7 Å². The molecule has 1 N–H and O–H groups in total. The van der Waals surface area contributed by atoms with E-state index in [9.17, 15) is 9.59 Å². The number of hydrogen-bond donors (Lipinski definition) is 1. The predicted octanol–water partition coefficient (Wildman–Crippen LogP) is 3.80. The Morgan fingerprint density at radius 2 is 1.63 bits per heavy atom. The highest BCUT2D eigenvalue weighted by atomic mass is 16.5. The first-order valence-electron chi connectivity index (χ1n) is 10.2. The molecule has 0 aliphatic carbocycles. The van der Waals surface area contributed by atoms with Crippen LogP contribution in [0.15, 0.2) is 54.6 Å². The van der Waals surface area contributed by atoms with Crippen LogP contribution in [0.2, 0.25) is 0 Å². The van der Waals surface area contributed by atoms with E-state index in [1.165, 1.54) is 0 Å². The first-order valence-corrected chi connectivity index (χ1v) is 10.2. The number of carbonyl (C=O) groups is 2. The molecule has 1 atom stereocenters. The molecule has 0 saturated carbocycles. The lowest BCUT2D eigenvalue weighted by Gasteiger charge is -2.33. The number of ether oxygens (including phenoxy) is 2. The van der Waals surface area contributed by atoms with E-state index in [1.54, 1.807) is 24.1 Å². The molecule has 0 aliphatic heterocycles. The molecule has 2 aromatic carbocycles. The summed E-state index contributed by atoms with van der Waals surface area (Å²) in [5, 5.41) is 2.99. The lowest BCUT2D eigenvalue weighted by atomic mass is 10.1. The molecule has 2 aromatic rings. The third kappa shape index (κ3) is 7.10. The summed E-state index contributed by atoms with van der Waals surface area (Å²) in [4.78, 5) is 27.6. The Balaban J connectivity index is 2.22. The Labute approximate surface area is 179 Å². The van der Waals surface area contributed by atoms with Crippen LogP contribution in [-0.4, -0.2) is 42.0 Å². The lowest BCUT2D eigenvalue weighted by molar-refractivity contribution is -0.143. The fourth-order valence-electron chi connectivity index (χ4n) is 3.04. The van der Waals surface area contributed by atoms with E-state index in [0.717, 1.165) is 11.3 Å². The quantitative estimate of drug-likeness (QED) is 0.680. The van der Waals surface area contributed by atoms with Crippen molar-refractivity contribution >= 4 is 11.8 Å². The topological polar surface area (TPSA) is 67.9 Å². The van der Waals surface area contributed by atoms with Gasteiger partial charge in [-0.25, -0.2) is 0 Å². The van der Waals surface area contributed by atoms with Gasteiger partial charge in [-0.3, -0.25) is 9.59 Å². The zero-order valence-corrected chi connectivity index (χ0v) is 18.5. The standard InChI is InChI=1S/C24H32N2O4/c1-6-21(23(28)25-24(2,3)4)26(16-18-12-14-19(29-5)15-13-18)22(27)17-30-20-10-8-7-9-11-20/h7-15,21H,6,16-17H2,1-5H3,(H,25,28)/t21-/m0/s1. The molecule has 0 spiro atoms. The van der Waals surface area contributed by atoms with Crippen molar-refractivity contribution in [2.24, 2.45) is 0 Å². The molecule has 0 bridgehead atoms. The summed E-state index contributed by atoms with van der Waals surface area (Å²) >= 11 is 0. The number of carbonyl (C=O) groups excluding carboxylic acids is 2. The van der Waals surface area contributed by atoms with Crippen molar-refractivity contribution in [1.82, 2.24) is 10.2 Å². The van der Waals surface area contributed by atoms with Crippen LogP contribution >= 0.6 is 0 Å². The molecular formula is C24H32N2O4. The first-order chi connectivity index (χ1) is 14.2. The van der Waals surface area contributed by atoms with Gasteiger partial charge in [0.1, 0.15) is 17.5 Å². The van der Waals surface area contributed by atoms with Gasteiger partial charge >= 0.3 is 0 Å². The third-order valence-corrected chi connectivity index (χ3v) is 4.50. The van der Waals surface area contributed by atoms with Crippen LogP contribution in [0.5, 0.6) is 11.5 Å². The van der Waals surface area contributed by atoms with Gasteiger partial charge in [-0.05, 0) is 57.0 Å². The highest BCUT2D eigenvalue weighted by molar-refractivity contribution is 5.88. The second-order valence-electron chi connectivity index (χ2n) is 8.13. The SMILES string of the molecule is CC[C@@H](C(=O)NC(C)(C)C)N(Cc1ccc(OC)cc1)C(=O)COc1ccccc1. The molecule has 2 amide bonds. The summed E-state index contributed by atoms with van der Waals surface area (Å²) in [6.45, 7) is 7.83. The van der Waals surface area contributed by atoms with Gasteiger partial charge in [-0.15, -0.1) is 0 Å². The molecule has 0 aliphatic rings. The number of methoxy groups -OCH3 is 1. The zero-order chi connectivity index (χ0) is 22.1. The van der Waals surface area contributed by atoms with Crippen LogP contribution in [0, 0.1) is 0 Å². The van der Waals surface area contributed by atoms with Gasteiger partial charge < -0.3 is 19.7 Å². The monoisotopic (exact) mass is 412 g/mol. The van der Waals surface area contributed by atoms with Crippen LogP contribution in [0.3, 0.4) is 0 Å². The molecule has 0 radical (unpaired) electrons. The maximum absolute atomic E-state index is 13.1. The minimum absolute atomic E-state index is 0.139. The molecule has 30 heavy (non-hydrogen) atoms. The molecule has 0 heterocycles. The maximum atomic E-state index is 13.1. The van der Waals surface area contributed by atoms with Gasteiger partial charge in [0.2, 0.25) is 5.91 Å². The van der Waals surface area contributed by atoms with Crippen molar-refractivity contribution in [3.63, 3.8) is 0 Å². The van der Waals surface area contributed by atoms with E-state index in [2.05, 4.69) is 5.32 Å². The van der Waals surface area contributed by atoms with Gasteiger partial charge in [0.05, 0.1) is 7.11 Å². The predicted molar refractivity (Wildman–Crippen MR) is 117 cm³/mol. The molecule has 0 saturated heterocycles. The number of para-hydroxylation sites is 1. The molecule has 2 rings (SSSR count). The number of amides is 2. The van der Waals surface area contributed by atoms with Crippen molar-refractivity contribution in [2.45, 2.75) is 52.2 Å². The van der Waals surface area contributed by atoms with Gasteiger partial charge in [0.25, 0.3) is 5.91 Å². The third-order valence-electron chi connectivity index (χ3n) is 4.50. The van der Waals surface area contributed by atoms with Crippen molar-refractivity contribution < 1.29 is 19.1 Å². The van der Waals surface area contributed by atoms with Crippen molar-refractivity contribution in [3.8, 4) is 11.5 Å². The Morgan fingerprint density at radius 1 is 1.00 bits per heavy atom. The van der Waals surface area contributed by atoms with E-state index in [4.69, 9.17) is 9.47 Å². The molecule has 0 aromatic heterocycles. The summed E-state index contributed by atoms with van der Waals surface area (Å²) in [6, 6.07) is 16.0. The average Bonchev–Trinajstić information content (AvgIpc) is 2.71. The summed E-state index contributed by atoms with van der Waals surface area (Å²) in [5.74, 6) is 0.932. The summed E-state index contributed by atoms with van der Waals surface area (Å²) in [7, 11) is 1.61. The van der Waals surface area contributed by atoms with E-state index >= 15 is 0 Å². The van der Waals surface area contributed by atoms with E-state index in [0.29, 0.717) is 18.7 Å². The van der Waals surface area contributed by atoms with Crippen LogP contribution in [-0.2, 0) is 16.1 Å². The Bertz CT molecular complexity index is 813. The number of benzene rings is 2. The van der Waals surface area contributed by atoms with E-state index < -0.39 is 6.04 Å². The fourth-order valence-corrected chi connectivity index (χ4v) is 3.04. The van der Waals surface area contributed by atoms with E-state index in [1.807, 2.05) is 70.2 Å². The van der Waals surface area contributed by atoms with Crippen molar-refractivity contribution in [3.05, 3.63) is 60.2 Å². The van der Waals surface area contributed by atoms with E-state index in [-0.39, 0.29) is 24.0 Å². The highest BCUT2D eigenvalue weighted by Crippen LogP contribution is 2.17. The number of rotatable bonds is 9. The molecule has 6 nitrogen and oxygen atoms in total. The normalized spacial score (nSPS) is 12.0. The molecule has 6 heteroatoms. The maximum Gasteiger partial charge on any atom is 0.261 e. The second kappa shape index (κ2) is 10.7. The lowest BCUT2D eigenvalue weighted by Crippen LogP contribution is -2.54. The zero-order valence-electron chi connectivity index (χ0n) is 18.5. The Hall–Kier alpha value is -3.02.